The van der Waals surface area contributed by atoms with Crippen molar-refractivity contribution in [2.24, 2.45) is 5.92 Å². The molecule has 0 aromatic heterocycles. The normalized spacial score (nSPS) is 27.6. The molecule has 2 atom stereocenters. The van der Waals surface area contributed by atoms with Crippen LogP contribution in [-0.2, 0) is 14.3 Å². The minimum atomic E-state index is -0.887. The van der Waals surface area contributed by atoms with E-state index in [1.807, 2.05) is 0 Å². The maximum absolute atomic E-state index is 12.1. The first-order valence-electron chi connectivity index (χ1n) is 6.88. The van der Waals surface area contributed by atoms with Crippen LogP contribution in [0.1, 0.15) is 19.3 Å². The Balaban J connectivity index is 1.82. The highest BCUT2D eigenvalue weighted by Crippen LogP contribution is 2.20. The number of carbonyl (C=O) groups is 2. The highest BCUT2D eigenvalue weighted by Gasteiger charge is 2.38. The zero-order valence-corrected chi connectivity index (χ0v) is 11.4. The van der Waals surface area contributed by atoms with Crippen LogP contribution in [0.25, 0.3) is 0 Å². The van der Waals surface area contributed by atoms with E-state index >= 15 is 0 Å². The molecule has 2 rings (SSSR count). The van der Waals surface area contributed by atoms with E-state index in [1.54, 1.807) is 11.9 Å². The zero-order chi connectivity index (χ0) is 13.8. The number of nitrogens with zero attached hydrogens (tertiary/aromatic N) is 2. The highest BCUT2D eigenvalue weighted by atomic mass is 16.5. The van der Waals surface area contributed by atoms with Crippen molar-refractivity contribution in [3.8, 4) is 0 Å². The summed E-state index contributed by atoms with van der Waals surface area (Å²) < 4.78 is 5.20. The largest absolute Gasteiger partial charge is 0.481 e. The van der Waals surface area contributed by atoms with Gasteiger partial charge in [-0.1, -0.05) is 0 Å². The maximum Gasteiger partial charge on any atom is 0.311 e. The van der Waals surface area contributed by atoms with E-state index in [9.17, 15) is 9.59 Å². The lowest BCUT2D eigenvalue weighted by Crippen LogP contribution is -2.44. The molecule has 2 unspecified atom stereocenters. The van der Waals surface area contributed by atoms with Crippen LogP contribution in [0.4, 0.5) is 0 Å². The fourth-order valence-corrected chi connectivity index (χ4v) is 2.78. The molecule has 0 radical (unpaired) electrons. The third kappa shape index (κ3) is 3.45. The first kappa shape index (κ1) is 14.3. The van der Waals surface area contributed by atoms with Crippen LogP contribution >= 0.6 is 0 Å². The Kier molecular flexibility index (Phi) is 4.76. The minimum Gasteiger partial charge on any atom is -0.481 e. The highest BCUT2D eigenvalue weighted by molar-refractivity contribution is 5.78. The fourth-order valence-electron chi connectivity index (χ4n) is 2.78. The molecule has 0 spiro atoms. The van der Waals surface area contributed by atoms with Gasteiger partial charge >= 0.3 is 5.97 Å². The second-order valence-corrected chi connectivity index (χ2v) is 5.35. The molecule has 2 aliphatic heterocycles. The summed E-state index contributed by atoms with van der Waals surface area (Å²) in [6.07, 6.45) is 2.88. The van der Waals surface area contributed by atoms with Crippen molar-refractivity contribution in [2.75, 3.05) is 39.9 Å². The number of aliphatic carboxylic acids is 1. The number of likely N-dealkylation sites (tertiary alicyclic amines) is 1. The number of ether oxygens (including phenoxy) is 1. The van der Waals surface area contributed by atoms with E-state index in [4.69, 9.17) is 9.84 Å². The van der Waals surface area contributed by atoms with Crippen LogP contribution in [0.5, 0.6) is 0 Å². The first-order chi connectivity index (χ1) is 9.09. The molecule has 19 heavy (non-hydrogen) atoms. The van der Waals surface area contributed by atoms with Gasteiger partial charge in [0, 0.05) is 20.0 Å². The molecule has 0 aromatic rings. The standard InChI is InChI=1S/C13H22N2O4/c1-14(11-9-19-8-10(11)13(17)18)12(16)4-7-15-5-2-3-6-15/h10-11H,2-9H2,1H3,(H,17,18). The van der Waals surface area contributed by atoms with E-state index in [2.05, 4.69) is 4.90 Å². The second kappa shape index (κ2) is 6.34. The van der Waals surface area contributed by atoms with Gasteiger partial charge in [0.1, 0.15) is 5.92 Å². The van der Waals surface area contributed by atoms with Gasteiger partial charge in [-0.2, -0.15) is 0 Å². The van der Waals surface area contributed by atoms with Crippen LogP contribution in [0, 0.1) is 5.92 Å². The summed E-state index contributed by atoms with van der Waals surface area (Å²) in [6.45, 7) is 3.43. The lowest BCUT2D eigenvalue weighted by atomic mass is 10.0. The molecule has 2 heterocycles. The Labute approximate surface area is 113 Å². The summed E-state index contributed by atoms with van der Waals surface area (Å²) in [5.41, 5.74) is 0. The maximum atomic E-state index is 12.1. The Morgan fingerprint density at radius 3 is 2.63 bits per heavy atom. The molecule has 0 bridgehead atoms. The molecule has 2 fully saturated rings. The first-order valence-corrected chi connectivity index (χ1v) is 6.88. The van der Waals surface area contributed by atoms with E-state index in [-0.39, 0.29) is 18.6 Å². The summed E-state index contributed by atoms with van der Waals surface area (Å²) in [5.74, 6) is -1.48. The Hall–Kier alpha value is -1.14. The van der Waals surface area contributed by atoms with Gasteiger partial charge in [-0.25, -0.2) is 0 Å². The van der Waals surface area contributed by atoms with E-state index in [0.717, 1.165) is 19.6 Å². The predicted molar refractivity (Wildman–Crippen MR) is 68.8 cm³/mol. The molecule has 0 aliphatic carbocycles. The SMILES string of the molecule is CN(C(=O)CCN1CCCC1)C1COCC1C(=O)O. The van der Waals surface area contributed by atoms with Crippen LogP contribution in [0.3, 0.4) is 0 Å². The average Bonchev–Trinajstić information content (AvgIpc) is 3.05. The van der Waals surface area contributed by atoms with Gasteiger partial charge in [-0.3, -0.25) is 9.59 Å². The van der Waals surface area contributed by atoms with Gasteiger partial charge in [0.2, 0.25) is 5.91 Å². The van der Waals surface area contributed by atoms with Gasteiger partial charge in [0.15, 0.2) is 0 Å². The summed E-state index contributed by atoms with van der Waals surface area (Å²) in [4.78, 5) is 27.0. The quantitative estimate of drug-likeness (QED) is 0.763. The average molecular weight is 270 g/mol. The van der Waals surface area contributed by atoms with E-state index in [0.29, 0.717) is 13.0 Å². The van der Waals surface area contributed by atoms with Crippen molar-refractivity contribution >= 4 is 11.9 Å². The lowest BCUT2D eigenvalue weighted by Gasteiger charge is -2.27. The smallest absolute Gasteiger partial charge is 0.311 e. The van der Waals surface area contributed by atoms with E-state index in [1.165, 1.54) is 12.8 Å². The topological polar surface area (TPSA) is 70.1 Å². The number of carboxylic acid groups (broad SMARTS) is 1. The molecule has 2 aliphatic rings. The van der Waals surface area contributed by atoms with Crippen molar-refractivity contribution < 1.29 is 19.4 Å². The lowest BCUT2D eigenvalue weighted by molar-refractivity contribution is -0.144. The molecular formula is C13H22N2O4. The number of carboxylic acids is 1. The number of hydrogen-bond acceptors (Lipinski definition) is 4. The zero-order valence-electron chi connectivity index (χ0n) is 11.4. The Morgan fingerprint density at radius 2 is 2.00 bits per heavy atom. The number of likely N-dealkylation sites (N-methyl/N-ethyl adjacent to an activating group) is 1. The summed E-state index contributed by atoms with van der Waals surface area (Å²) in [5, 5.41) is 9.09. The van der Waals surface area contributed by atoms with Crippen molar-refractivity contribution in [3.63, 3.8) is 0 Å². The van der Waals surface area contributed by atoms with E-state index < -0.39 is 11.9 Å². The van der Waals surface area contributed by atoms with Gasteiger partial charge in [-0.05, 0) is 25.9 Å². The number of rotatable bonds is 5. The third-order valence-electron chi connectivity index (χ3n) is 4.10. The molecule has 6 heteroatoms. The summed E-state index contributed by atoms with van der Waals surface area (Å²) in [7, 11) is 1.68. The molecule has 108 valence electrons. The van der Waals surface area contributed by atoms with Crippen molar-refractivity contribution in [2.45, 2.75) is 25.3 Å². The molecular weight excluding hydrogens is 248 g/mol. The number of hydrogen-bond donors (Lipinski definition) is 1. The molecule has 6 nitrogen and oxygen atoms in total. The van der Waals surface area contributed by atoms with Crippen molar-refractivity contribution in [1.82, 2.24) is 9.80 Å². The predicted octanol–water partition coefficient (Wildman–Crippen LogP) is 0.0303. The number of carbonyl (C=O) groups excluding carboxylic acids is 1. The molecule has 0 saturated carbocycles. The van der Waals surface area contributed by atoms with Crippen LogP contribution in [-0.4, -0.2) is 72.7 Å². The Bertz CT molecular complexity index is 342. The van der Waals surface area contributed by atoms with Gasteiger partial charge in [0.05, 0.1) is 19.3 Å². The molecule has 1 N–H and O–H groups in total. The molecule has 0 aromatic carbocycles. The monoisotopic (exact) mass is 270 g/mol. The fraction of sp³-hybridized carbons (Fsp3) is 0.846. The molecule has 2 saturated heterocycles. The van der Waals surface area contributed by atoms with Gasteiger partial charge < -0.3 is 19.6 Å². The van der Waals surface area contributed by atoms with Crippen LogP contribution in [0.15, 0.2) is 0 Å². The summed E-state index contributed by atoms with van der Waals surface area (Å²) in [6, 6.07) is -0.330. The summed E-state index contributed by atoms with van der Waals surface area (Å²) >= 11 is 0. The number of amides is 1. The van der Waals surface area contributed by atoms with Crippen LogP contribution < -0.4 is 0 Å². The van der Waals surface area contributed by atoms with Crippen molar-refractivity contribution in [3.05, 3.63) is 0 Å². The second-order valence-electron chi connectivity index (χ2n) is 5.35. The minimum absolute atomic E-state index is 0.00801. The third-order valence-corrected chi connectivity index (χ3v) is 4.10. The Morgan fingerprint density at radius 1 is 1.32 bits per heavy atom. The van der Waals surface area contributed by atoms with Crippen molar-refractivity contribution in [1.29, 1.82) is 0 Å². The molecule has 1 amide bonds. The van der Waals surface area contributed by atoms with Gasteiger partial charge in [-0.15, -0.1) is 0 Å². The van der Waals surface area contributed by atoms with Gasteiger partial charge in [0.25, 0.3) is 0 Å². The van der Waals surface area contributed by atoms with Crippen LogP contribution in [0.2, 0.25) is 0 Å².